The summed E-state index contributed by atoms with van der Waals surface area (Å²) in [4.78, 5) is 16.3. The van der Waals surface area contributed by atoms with Gasteiger partial charge in [0.2, 0.25) is 0 Å². The van der Waals surface area contributed by atoms with Gasteiger partial charge in [0.15, 0.2) is 0 Å². The van der Waals surface area contributed by atoms with E-state index in [0.717, 1.165) is 17.7 Å². The molecule has 0 saturated carbocycles. The second-order valence-corrected chi connectivity index (χ2v) is 6.26. The zero-order chi connectivity index (χ0) is 12.7. The maximum Gasteiger partial charge on any atom is 0.264 e. The maximum atomic E-state index is 12.4. The van der Waals surface area contributed by atoms with Crippen LogP contribution in [-0.4, -0.2) is 48.2 Å². The summed E-state index contributed by atoms with van der Waals surface area (Å²) in [5.41, 5.74) is 1.35. The molecule has 2 heterocycles. The summed E-state index contributed by atoms with van der Waals surface area (Å²) in [7, 11) is 1.79. The third-order valence-corrected chi connectivity index (χ3v) is 5.15. The number of likely N-dealkylation sites (N-methyl/N-ethyl adjacent to an activating group) is 1. The summed E-state index contributed by atoms with van der Waals surface area (Å²) >= 11 is 1.63. The molecule has 1 aromatic rings. The van der Waals surface area contributed by atoms with Gasteiger partial charge < -0.3 is 15.3 Å². The number of nitrogens with one attached hydrogen (secondary N) is 1. The Morgan fingerprint density at radius 1 is 1.50 bits per heavy atom. The fraction of sp³-hybridized carbons (Fsp3) is 0.615. The highest BCUT2D eigenvalue weighted by molar-refractivity contribution is 7.14. The van der Waals surface area contributed by atoms with E-state index in [1.807, 2.05) is 6.07 Å². The smallest absolute Gasteiger partial charge is 0.264 e. The first-order valence-electron chi connectivity index (χ1n) is 6.44. The Hall–Kier alpha value is -0.910. The van der Waals surface area contributed by atoms with Crippen molar-refractivity contribution in [1.82, 2.24) is 10.2 Å². The number of aliphatic hydroxyl groups excluding tert-OH is 1. The Kier molecular flexibility index (Phi) is 3.13. The number of carbonyl (C=O) groups excluding carboxylic acids is 1. The molecule has 0 bridgehead atoms. The lowest BCUT2D eigenvalue weighted by molar-refractivity contribution is 0.0585. The van der Waals surface area contributed by atoms with E-state index in [2.05, 4.69) is 5.32 Å². The molecule has 1 aliphatic heterocycles. The molecule has 1 fully saturated rings. The number of thiophene rings is 1. The highest BCUT2D eigenvalue weighted by atomic mass is 32.1. The summed E-state index contributed by atoms with van der Waals surface area (Å²) in [6, 6.07) is 1.94. The van der Waals surface area contributed by atoms with Crippen molar-refractivity contribution in [3.05, 3.63) is 21.4 Å². The van der Waals surface area contributed by atoms with E-state index in [1.165, 1.54) is 16.9 Å². The van der Waals surface area contributed by atoms with E-state index in [1.54, 1.807) is 23.3 Å². The van der Waals surface area contributed by atoms with Gasteiger partial charge in [-0.1, -0.05) is 0 Å². The molecular weight excluding hydrogens is 248 g/mol. The molecule has 3 rings (SSSR count). The number of nitrogens with zero attached hydrogens (tertiary/aromatic N) is 1. The van der Waals surface area contributed by atoms with Crippen LogP contribution >= 0.6 is 11.3 Å². The van der Waals surface area contributed by atoms with Gasteiger partial charge in [-0.15, -0.1) is 11.3 Å². The van der Waals surface area contributed by atoms with Gasteiger partial charge in [0, 0.05) is 25.0 Å². The van der Waals surface area contributed by atoms with Gasteiger partial charge in [-0.3, -0.25) is 4.79 Å². The molecule has 2 aliphatic rings. The molecule has 2 N–H and O–H groups in total. The first kappa shape index (κ1) is 12.1. The van der Waals surface area contributed by atoms with Crippen molar-refractivity contribution in [2.75, 3.05) is 20.1 Å². The van der Waals surface area contributed by atoms with Crippen LogP contribution in [0.3, 0.4) is 0 Å². The maximum absolute atomic E-state index is 12.4. The highest BCUT2D eigenvalue weighted by Crippen LogP contribution is 2.31. The Labute approximate surface area is 111 Å². The third-order valence-electron chi connectivity index (χ3n) is 3.93. The summed E-state index contributed by atoms with van der Waals surface area (Å²) < 4.78 is 0. The van der Waals surface area contributed by atoms with Gasteiger partial charge >= 0.3 is 0 Å². The molecule has 0 unspecified atom stereocenters. The molecular formula is C13H18N2O2S. The van der Waals surface area contributed by atoms with Crippen LogP contribution in [0.1, 0.15) is 26.5 Å². The van der Waals surface area contributed by atoms with Crippen molar-refractivity contribution in [2.45, 2.75) is 31.4 Å². The van der Waals surface area contributed by atoms with Gasteiger partial charge in [0.05, 0.1) is 17.0 Å². The van der Waals surface area contributed by atoms with Crippen LogP contribution in [0.25, 0.3) is 0 Å². The van der Waals surface area contributed by atoms with Gasteiger partial charge in [-0.2, -0.15) is 0 Å². The first-order valence-corrected chi connectivity index (χ1v) is 7.26. The molecule has 0 spiro atoms. The number of hydrogen-bond acceptors (Lipinski definition) is 4. The van der Waals surface area contributed by atoms with E-state index < -0.39 is 6.10 Å². The van der Waals surface area contributed by atoms with Crippen molar-refractivity contribution in [1.29, 1.82) is 0 Å². The SMILES string of the molecule is CN(C(=O)c1cc2c(s1)CCC2)[C@@H]1CNC[C@H]1O. The Morgan fingerprint density at radius 3 is 3.00 bits per heavy atom. The van der Waals surface area contributed by atoms with Crippen molar-refractivity contribution >= 4 is 17.2 Å². The topological polar surface area (TPSA) is 52.6 Å². The van der Waals surface area contributed by atoms with E-state index in [0.29, 0.717) is 13.1 Å². The Balaban J connectivity index is 1.77. The zero-order valence-electron chi connectivity index (χ0n) is 10.5. The normalized spacial score (nSPS) is 26.3. The zero-order valence-corrected chi connectivity index (χ0v) is 11.3. The van der Waals surface area contributed by atoms with E-state index in [-0.39, 0.29) is 11.9 Å². The number of β-amino-alcohol motifs (C(OH)–C–C–N with tert-alkyl or cyclic N) is 1. The van der Waals surface area contributed by atoms with E-state index in [4.69, 9.17) is 0 Å². The summed E-state index contributed by atoms with van der Waals surface area (Å²) in [5.74, 6) is 0.0437. The van der Waals surface area contributed by atoms with Crippen LogP contribution in [0.2, 0.25) is 0 Å². The number of carbonyl (C=O) groups is 1. The molecule has 1 saturated heterocycles. The van der Waals surface area contributed by atoms with Crippen LogP contribution in [0.5, 0.6) is 0 Å². The number of rotatable bonds is 2. The standard InChI is InChI=1S/C13H18N2O2S/c1-15(9-6-14-7-10(9)16)13(17)12-5-8-3-2-4-11(8)18-12/h5,9-10,14,16H,2-4,6-7H2,1H3/t9-,10-/m1/s1. The van der Waals surface area contributed by atoms with Crippen molar-refractivity contribution < 1.29 is 9.90 Å². The number of amides is 1. The van der Waals surface area contributed by atoms with Crippen LogP contribution in [0.4, 0.5) is 0 Å². The fourth-order valence-electron chi connectivity index (χ4n) is 2.81. The summed E-state index contributed by atoms with van der Waals surface area (Å²) in [6.45, 7) is 1.25. The summed E-state index contributed by atoms with van der Waals surface area (Å²) in [5, 5.41) is 12.9. The van der Waals surface area contributed by atoms with Crippen molar-refractivity contribution in [2.24, 2.45) is 0 Å². The fourth-order valence-corrected chi connectivity index (χ4v) is 4.04. The molecule has 0 radical (unpaired) electrons. The Morgan fingerprint density at radius 2 is 2.33 bits per heavy atom. The molecule has 1 aromatic heterocycles. The molecule has 1 aliphatic carbocycles. The molecule has 4 nitrogen and oxygen atoms in total. The molecule has 1 amide bonds. The van der Waals surface area contributed by atoms with Gasteiger partial charge in [-0.05, 0) is 30.9 Å². The predicted molar refractivity (Wildman–Crippen MR) is 71.1 cm³/mol. The number of fused-ring (bicyclic) bond motifs is 1. The van der Waals surface area contributed by atoms with Gasteiger partial charge in [0.25, 0.3) is 5.91 Å². The van der Waals surface area contributed by atoms with Crippen LogP contribution < -0.4 is 5.32 Å². The van der Waals surface area contributed by atoms with Crippen LogP contribution in [-0.2, 0) is 12.8 Å². The van der Waals surface area contributed by atoms with Crippen molar-refractivity contribution in [3.8, 4) is 0 Å². The molecule has 18 heavy (non-hydrogen) atoms. The molecule has 2 atom stereocenters. The number of hydrogen-bond donors (Lipinski definition) is 2. The average Bonchev–Trinajstić information content (AvgIpc) is 3.00. The highest BCUT2D eigenvalue weighted by Gasteiger charge is 2.32. The van der Waals surface area contributed by atoms with Gasteiger partial charge in [0.1, 0.15) is 0 Å². The van der Waals surface area contributed by atoms with E-state index in [9.17, 15) is 9.90 Å². The predicted octanol–water partition coefficient (Wildman–Crippen LogP) is 0.642. The lowest BCUT2D eigenvalue weighted by Gasteiger charge is -2.25. The lowest BCUT2D eigenvalue weighted by atomic mass is 10.2. The largest absolute Gasteiger partial charge is 0.390 e. The number of aryl methyl sites for hydroxylation is 2. The minimum atomic E-state index is -0.453. The monoisotopic (exact) mass is 266 g/mol. The van der Waals surface area contributed by atoms with Crippen molar-refractivity contribution in [3.63, 3.8) is 0 Å². The van der Waals surface area contributed by atoms with Gasteiger partial charge in [-0.25, -0.2) is 0 Å². The minimum absolute atomic E-state index is 0.0437. The third kappa shape index (κ3) is 1.96. The second-order valence-electron chi connectivity index (χ2n) is 5.12. The quantitative estimate of drug-likeness (QED) is 0.826. The lowest BCUT2D eigenvalue weighted by Crippen LogP contribution is -2.44. The molecule has 98 valence electrons. The Bertz CT molecular complexity index is 450. The summed E-state index contributed by atoms with van der Waals surface area (Å²) in [6.07, 6.45) is 2.99. The second kappa shape index (κ2) is 4.64. The number of aliphatic hydroxyl groups is 1. The average molecular weight is 266 g/mol. The van der Waals surface area contributed by atoms with Crippen LogP contribution in [0, 0.1) is 0 Å². The first-order chi connectivity index (χ1) is 8.66. The van der Waals surface area contributed by atoms with E-state index >= 15 is 0 Å². The molecule has 5 heteroatoms. The molecule has 0 aromatic carbocycles. The van der Waals surface area contributed by atoms with Crippen LogP contribution in [0.15, 0.2) is 6.07 Å². The minimum Gasteiger partial charge on any atom is -0.390 e.